The number of carbonyl (C=O) groups excluding carboxylic acids is 1. The molecule has 1 fully saturated rings. The lowest BCUT2D eigenvalue weighted by molar-refractivity contribution is -0.117. The summed E-state index contributed by atoms with van der Waals surface area (Å²) >= 11 is 3.23. The van der Waals surface area contributed by atoms with Crippen LogP contribution in [0.2, 0.25) is 0 Å². The van der Waals surface area contributed by atoms with Gasteiger partial charge in [0.25, 0.3) is 0 Å². The van der Waals surface area contributed by atoms with Crippen molar-refractivity contribution in [2.45, 2.75) is 18.6 Å². The van der Waals surface area contributed by atoms with Crippen LogP contribution in [0.15, 0.2) is 22.7 Å². The topological polar surface area (TPSA) is 98.7 Å². The van der Waals surface area contributed by atoms with Crippen LogP contribution >= 0.6 is 15.9 Å². The Morgan fingerprint density at radius 1 is 1.42 bits per heavy atom. The van der Waals surface area contributed by atoms with Crippen LogP contribution < -0.4 is 10.6 Å². The number of aliphatic hydroxyl groups is 1. The molecule has 6 nitrogen and oxygen atoms in total. The summed E-state index contributed by atoms with van der Waals surface area (Å²) in [5.41, 5.74) is 0.255. The Hall–Kier alpha value is -1.44. The second-order valence-electron chi connectivity index (χ2n) is 4.33. The average molecular weight is 329 g/mol. The molecule has 7 heteroatoms. The largest absolute Gasteiger partial charge is 0.478 e. The van der Waals surface area contributed by atoms with E-state index in [2.05, 4.69) is 26.6 Å². The van der Waals surface area contributed by atoms with Gasteiger partial charge >= 0.3 is 5.97 Å². The number of hydrogen-bond acceptors (Lipinski definition) is 4. The molecular formula is C12H13BrN2O4. The van der Waals surface area contributed by atoms with E-state index in [0.29, 0.717) is 17.4 Å². The van der Waals surface area contributed by atoms with Gasteiger partial charge in [-0.05, 0) is 24.6 Å². The number of anilines is 1. The van der Waals surface area contributed by atoms with Crippen LogP contribution in [0.1, 0.15) is 16.8 Å². The molecular weight excluding hydrogens is 316 g/mol. The number of benzene rings is 1. The Kier molecular flexibility index (Phi) is 4.18. The maximum Gasteiger partial charge on any atom is 0.337 e. The van der Waals surface area contributed by atoms with Crippen molar-refractivity contribution in [3.8, 4) is 0 Å². The third-order valence-electron chi connectivity index (χ3n) is 2.89. The fourth-order valence-electron chi connectivity index (χ4n) is 1.94. The summed E-state index contributed by atoms with van der Waals surface area (Å²) in [5.74, 6) is -1.46. The molecule has 1 aromatic carbocycles. The number of aliphatic hydroxyl groups excluding tert-OH is 1. The summed E-state index contributed by atoms with van der Waals surface area (Å²) in [4.78, 5) is 23.0. The second kappa shape index (κ2) is 5.68. The molecule has 4 N–H and O–H groups in total. The van der Waals surface area contributed by atoms with Gasteiger partial charge in [0.1, 0.15) is 0 Å². The number of carboxylic acid groups (broad SMARTS) is 1. The Balaban J connectivity index is 2.16. The molecule has 1 amide bonds. The van der Waals surface area contributed by atoms with Crippen molar-refractivity contribution < 1.29 is 19.8 Å². The minimum absolute atomic E-state index is 0.0232. The number of hydrogen-bond donors (Lipinski definition) is 4. The standard InChI is InChI=1S/C12H13BrN2O4/c13-6-1-2-8(12(18)19)9(3-6)15-11(17)10-4-7(16)5-14-10/h1-3,7,10,14,16H,4-5H2,(H,15,17)(H,18,19). The Labute approximate surface area is 117 Å². The number of nitrogens with one attached hydrogen (secondary N) is 2. The van der Waals surface area contributed by atoms with E-state index >= 15 is 0 Å². The monoisotopic (exact) mass is 328 g/mol. The highest BCUT2D eigenvalue weighted by Crippen LogP contribution is 2.22. The quantitative estimate of drug-likeness (QED) is 0.658. The van der Waals surface area contributed by atoms with E-state index in [-0.39, 0.29) is 17.2 Å². The number of aromatic carboxylic acids is 1. The van der Waals surface area contributed by atoms with Crippen LogP contribution in [0, 0.1) is 0 Å². The maximum atomic E-state index is 12.0. The molecule has 2 atom stereocenters. The van der Waals surface area contributed by atoms with Crippen LogP contribution in [0.25, 0.3) is 0 Å². The fourth-order valence-corrected chi connectivity index (χ4v) is 2.30. The van der Waals surface area contributed by atoms with Crippen molar-refractivity contribution in [3.05, 3.63) is 28.2 Å². The SMILES string of the molecule is O=C(O)c1ccc(Br)cc1NC(=O)C1CC(O)CN1. The van der Waals surface area contributed by atoms with Gasteiger partial charge in [0.15, 0.2) is 0 Å². The van der Waals surface area contributed by atoms with E-state index in [1.54, 1.807) is 6.07 Å². The van der Waals surface area contributed by atoms with Crippen molar-refractivity contribution in [2.75, 3.05) is 11.9 Å². The molecule has 2 rings (SSSR count). The Morgan fingerprint density at radius 2 is 2.16 bits per heavy atom. The molecule has 0 spiro atoms. The zero-order valence-electron chi connectivity index (χ0n) is 9.89. The zero-order valence-corrected chi connectivity index (χ0v) is 11.5. The third kappa shape index (κ3) is 3.31. The highest BCUT2D eigenvalue weighted by Gasteiger charge is 2.28. The van der Waals surface area contributed by atoms with E-state index in [9.17, 15) is 14.7 Å². The molecule has 0 aromatic heterocycles. The number of carboxylic acids is 1. The molecule has 0 radical (unpaired) electrons. The van der Waals surface area contributed by atoms with E-state index < -0.39 is 18.1 Å². The van der Waals surface area contributed by atoms with Crippen molar-refractivity contribution in [1.82, 2.24) is 5.32 Å². The molecule has 0 bridgehead atoms. The number of β-amino-alcohol motifs (C(OH)–C–C–N with tert-alkyl or cyclic N) is 1. The molecule has 0 saturated carbocycles. The summed E-state index contributed by atoms with van der Waals surface area (Å²) in [6.07, 6.45) is -0.223. The molecule has 0 aliphatic carbocycles. The van der Waals surface area contributed by atoms with Crippen molar-refractivity contribution in [3.63, 3.8) is 0 Å². The van der Waals surface area contributed by atoms with Gasteiger partial charge < -0.3 is 20.8 Å². The van der Waals surface area contributed by atoms with Gasteiger partial charge in [-0.15, -0.1) is 0 Å². The second-order valence-corrected chi connectivity index (χ2v) is 5.25. The minimum Gasteiger partial charge on any atom is -0.478 e. The van der Waals surface area contributed by atoms with Crippen molar-refractivity contribution in [1.29, 1.82) is 0 Å². The van der Waals surface area contributed by atoms with Gasteiger partial charge in [0, 0.05) is 11.0 Å². The first kappa shape index (κ1) is 14.0. The molecule has 2 unspecified atom stereocenters. The van der Waals surface area contributed by atoms with Crippen LogP contribution in [0.4, 0.5) is 5.69 Å². The molecule has 1 aromatic rings. The maximum absolute atomic E-state index is 12.0. The molecule has 1 heterocycles. The van der Waals surface area contributed by atoms with E-state index in [1.807, 2.05) is 0 Å². The zero-order chi connectivity index (χ0) is 14.0. The average Bonchev–Trinajstić information content (AvgIpc) is 2.75. The Bertz CT molecular complexity index is 520. The number of rotatable bonds is 3. The highest BCUT2D eigenvalue weighted by atomic mass is 79.9. The molecule has 19 heavy (non-hydrogen) atoms. The van der Waals surface area contributed by atoms with E-state index in [1.165, 1.54) is 12.1 Å². The normalized spacial score (nSPS) is 22.2. The van der Waals surface area contributed by atoms with Gasteiger partial charge in [-0.25, -0.2) is 4.79 Å². The first-order valence-corrected chi connectivity index (χ1v) is 6.52. The third-order valence-corrected chi connectivity index (χ3v) is 3.39. The first-order valence-electron chi connectivity index (χ1n) is 5.72. The van der Waals surface area contributed by atoms with E-state index in [4.69, 9.17) is 5.11 Å². The Morgan fingerprint density at radius 3 is 2.74 bits per heavy atom. The lowest BCUT2D eigenvalue weighted by Gasteiger charge is -2.13. The van der Waals surface area contributed by atoms with Crippen LogP contribution in [-0.2, 0) is 4.79 Å². The summed E-state index contributed by atoms with van der Waals surface area (Å²) < 4.78 is 0.673. The van der Waals surface area contributed by atoms with Crippen LogP contribution in [-0.4, -0.2) is 40.8 Å². The van der Waals surface area contributed by atoms with Gasteiger partial charge in [-0.3, -0.25) is 4.79 Å². The summed E-state index contributed by atoms with van der Waals surface area (Å²) in [6, 6.07) is 4.04. The molecule has 1 aliphatic heterocycles. The lowest BCUT2D eigenvalue weighted by Crippen LogP contribution is -2.35. The van der Waals surface area contributed by atoms with Crippen molar-refractivity contribution >= 4 is 33.5 Å². The smallest absolute Gasteiger partial charge is 0.337 e. The predicted octanol–water partition coefficient (Wildman–Crippen LogP) is 0.809. The number of halogens is 1. The number of amides is 1. The van der Waals surface area contributed by atoms with Crippen molar-refractivity contribution in [2.24, 2.45) is 0 Å². The van der Waals surface area contributed by atoms with Gasteiger partial charge in [0.2, 0.25) is 5.91 Å². The predicted molar refractivity (Wildman–Crippen MR) is 72.1 cm³/mol. The van der Waals surface area contributed by atoms with Gasteiger partial charge in [0.05, 0.1) is 23.4 Å². The molecule has 1 saturated heterocycles. The van der Waals surface area contributed by atoms with Crippen LogP contribution in [0.3, 0.4) is 0 Å². The van der Waals surface area contributed by atoms with Gasteiger partial charge in [-0.2, -0.15) is 0 Å². The lowest BCUT2D eigenvalue weighted by atomic mass is 10.1. The summed E-state index contributed by atoms with van der Waals surface area (Å²) in [7, 11) is 0. The van der Waals surface area contributed by atoms with E-state index in [0.717, 1.165) is 0 Å². The van der Waals surface area contributed by atoms with Crippen LogP contribution in [0.5, 0.6) is 0 Å². The number of carbonyl (C=O) groups is 2. The summed E-state index contributed by atoms with van der Waals surface area (Å²) in [6.45, 7) is 0.363. The fraction of sp³-hybridized carbons (Fsp3) is 0.333. The molecule has 1 aliphatic rings. The summed E-state index contributed by atoms with van der Waals surface area (Å²) in [5, 5.41) is 23.9. The highest BCUT2D eigenvalue weighted by molar-refractivity contribution is 9.10. The minimum atomic E-state index is -1.11. The first-order chi connectivity index (χ1) is 8.97. The van der Waals surface area contributed by atoms with Gasteiger partial charge in [-0.1, -0.05) is 15.9 Å². The molecule has 102 valence electrons.